The van der Waals surface area contributed by atoms with Gasteiger partial charge in [-0.2, -0.15) is 18.4 Å². The first kappa shape index (κ1) is 30.9. The first-order valence-corrected chi connectivity index (χ1v) is 13.4. The van der Waals surface area contributed by atoms with Gasteiger partial charge in [0.2, 0.25) is 5.96 Å². The van der Waals surface area contributed by atoms with E-state index in [-0.39, 0.29) is 17.2 Å². The van der Waals surface area contributed by atoms with Crippen LogP contribution in [0.4, 0.5) is 30.4 Å². The Morgan fingerprint density at radius 3 is 2.60 bits per heavy atom. The van der Waals surface area contributed by atoms with Crippen LogP contribution < -0.4 is 20.9 Å². The molecule has 1 saturated heterocycles. The number of guanidine groups is 1. The molecule has 0 saturated carbocycles. The molecule has 1 fully saturated rings. The third-order valence-electron chi connectivity index (χ3n) is 6.82. The fourth-order valence-electron chi connectivity index (χ4n) is 4.76. The summed E-state index contributed by atoms with van der Waals surface area (Å²) in [6.07, 6.45) is -0.558. The Morgan fingerprint density at radius 1 is 1.14 bits per heavy atom. The summed E-state index contributed by atoms with van der Waals surface area (Å²) in [5.41, 5.74) is 1.89. The lowest BCUT2D eigenvalue weighted by Gasteiger charge is -2.22. The van der Waals surface area contributed by atoms with E-state index in [9.17, 15) is 18.0 Å². The minimum absolute atomic E-state index is 0.0666. The van der Waals surface area contributed by atoms with Crippen LogP contribution in [0.5, 0.6) is 0 Å². The highest BCUT2D eigenvalue weighted by molar-refractivity contribution is 6.04. The Kier molecular flexibility index (Phi) is 9.53. The zero-order valence-corrected chi connectivity index (χ0v) is 23.9. The molecule has 1 amide bonds. The first-order chi connectivity index (χ1) is 20.4. The highest BCUT2D eigenvalue weighted by Gasteiger charge is 2.33. The average Bonchev–Trinajstić information content (AvgIpc) is 3.40. The van der Waals surface area contributed by atoms with Crippen LogP contribution in [-0.4, -0.2) is 55.5 Å². The lowest BCUT2D eigenvalue weighted by molar-refractivity contribution is -0.137. The van der Waals surface area contributed by atoms with Crippen molar-refractivity contribution in [3.63, 3.8) is 0 Å². The molecule has 2 heterocycles. The van der Waals surface area contributed by atoms with Crippen LogP contribution in [0, 0.1) is 41.5 Å². The Balaban J connectivity index is 1.52. The molecule has 0 spiro atoms. The van der Waals surface area contributed by atoms with Crippen LogP contribution in [0.25, 0.3) is 0 Å². The number of hydrogen-bond donors (Lipinski definition) is 4. The summed E-state index contributed by atoms with van der Waals surface area (Å²) in [5.74, 6) is 5.92. The average molecular weight is 589 g/mol. The number of pyridine rings is 1. The molecule has 4 N–H and O–H groups in total. The van der Waals surface area contributed by atoms with Crippen LogP contribution in [0.15, 0.2) is 54.7 Å². The van der Waals surface area contributed by atoms with Crippen LogP contribution in [-0.2, 0) is 6.18 Å². The number of nitrogens with zero attached hydrogens (tertiary/aromatic N) is 4. The summed E-state index contributed by atoms with van der Waals surface area (Å²) in [6.45, 7) is 3.97. The summed E-state index contributed by atoms with van der Waals surface area (Å²) >= 11 is 0. The summed E-state index contributed by atoms with van der Waals surface area (Å²) in [5, 5.41) is 23.5. The van der Waals surface area contributed by atoms with Crippen molar-refractivity contribution in [3.05, 3.63) is 82.5 Å². The Labute approximate surface area is 248 Å². The van der Waals surface area contributed by atoms with Gasteiger partial charge in [0, 0.05) is 53.9 Å². The summed E-state index contributed by atoms with van der Waals surface area (Å²) in [4.78, 5) is 21.3. The van der Waals surface area contributed by atoms with Gasteiger partial charge in [0.15, 0.2) is 6.19 Å². The third kappa shape index (κ3) is 8.47. The summed E-state index contributed by atoms with van der Waals surface area (Å²) in [6, 6.07) is 11.9. The number of hydrogen-bond acceptors (Lipinski definition) is 6. The van der Waals surface area contributed by atoms with Crippen molar-refractivity contribution in [2.24, 2.45) is 5.92 Å². The Hall–Kier alpha value is -5.07. The van der Waals surface area contributed by atoms with Gasteiger partial charge in [-0.3, -0.25) is 15.5 Å². The van der Waals surface area contributed by atoms with E-state index >= 15 is 0 Å². The van der Waals surface area contributed by atoms with E-state index in [1.807, 2.05) is 25.9 Å². The van der Waals surface area contributed by atoms with Gasteiger partial charge in [0.05, 0.1) is 5.56 Å². The molecular weight excluding hydrogens is 557 g/mol. The predicted octanol–water partition coefficient (Wildman–Crippen LogP) is 4.87. The second-order valence-electron chi connectivity index (χ2n) is 10.5. The van der Waals surface area contributed by atoms with Gasteiger partial charge in [-0.1, -0.05) is 17.9 Å². The molecule has 2 aromatic carbocycles. The van der Waals surface area contributed by atoms with Crippen molar-refractivity contribution < 1.29 is 18.0 Å². The maximum Gasteiger partial charge on any atom is 0.416 e. The highest BCUT2D eigenvalue weighted by atomic mass is 19.4. The van der Waals surface area contributed by atoms with Gasteiger partial charge < -0.3 is 20.4 Å². The van der Waals surface area contributed by atoms with Crippen molar-refractivity contribution >= 4 is 29.1 Å². The SMILES string of the molecule is Cc1ccc(C(=O)Nc2cc(N3CC[C@@H](CN(C)C)C3)cc(C(F)(F)F)c2)cc1C#Cc1ccc(NC(=N)NC#N)nc1. The zero-order chi connectivity index (χ0) is 31.1. The van der Waals surface area contributed by atoms with Crippen LogP contribution >= 0.6 is 0 Å². The predicted molar refractivity (Wildman–Crippen MR) is 160 cm³/mol. The molecule has 1 aliphatic rings. The van der Waals surface area contributed by atoms with E-state index in [1.54, 1.807) is 42.6 Å². The van der Waals surface area contributed by atoms with E-state index in [2.05, 4.69) is 37.7 Å². The van der Waals surface area contributed by atoms with E-state index in [0.717, 1.165) is 30.7 Å². The maximum absolute atomic E-state index is 13.8. The molecule has 0 aliphatic carbocycles. The molecule has 0 radical (unpaired) electrons. The topological polar surface area (TPSA) is 120 Å². The molecule has 12 heteroatoms. The molecule has 0 bridgehead atoms. The molecule has 3 aromatic rings. The number of carbonyl (C=O) groups excluding carboxylic acids is 1. The minimum Gasteiger partial charge on any atom is -0.371 e. The van der Waals surface area contributed by atoms with Crippen molar-refractivity contribution in [1.82, 2.24) is 15.2 Å². The van der Waals surface area contributed by atoms with Gasteiger partial charge >= 0.3 is 6.18 Å². The number of halogens is 3. The second-order valence-corrected chi connectivity index (χ2v) is 10.5. The maximum atomic E-state index is 13.8. The van der Waals surface area contributed by atoms with Crippen LogP contribution in [0.1, 0.15) is 39.0 Å². The number of amides is 1. The smallest absolute Gasteiger partial charge is 0.371 e. The third-order valence-corrected chi connectivity index (χ3v) is 6.82. The summed E-state index contributed by atoms with van der Waals surface area (Å²) < 4.78 is 41.4. The number of anilines is 3. The van der Waals surface area contributed by atoms with E-state index in [0.29, 0.717) is 41.6 Å². The van der Waals surface area contributed by atoms with Gasteiger partial charge in [-0.15, -0.1) is 0 Å². The van der Waals surface area contributed by atoms with Crippen LogP contribution in [0.3, 0.4) is 0 Å². The zero-order valence-electron chi connectivity index (χ0n) is 23.9. The quantitative estimate of drug-likeness (QED) is 0.107. The Bertz CT molecular complexity index is 1600. The van der Waals surface area contributed by atoms with Crippen molar-refractivity contribution in [1.29, 1.82) is 10.7 Å². The number of alkyl halides is 3. The lowest BCUT2D eigenvalue weighted by Crippen LogP contribution is -2.26. The molecular formula is C31H31F3N8O. The molecule has 9 nitrogen and oxygen atoms in total. The first-order valence-electron chi connectivity index (χ1n) is 13.4. The van der Waals surface area contributed by atoms with Crippen LogP contribution in [0.2, 0.25) is 0 Å². The number of carbonyl (C=O) groups is 1. The number of aryl methyl sites for hydroxylation is 1. The number of nitrogens with one attached hydrogen (secondary N) is 4. The second kappa shape index (κ2) is 13.3. The highest BCUT2D eigenvalue weighted by Crippen LogP contribution is 2.36. The van der Waals surface area contributed by atoms with Crippen molar-refractivity contribution in [2.45, 2.75) is 19.5 Å². The lowest BCUT2D eigenvalue weighted by atomic mass is 10.0. The van der Waals surface area contributed by atoms with Gasteiger partial charge in [-0.25, -0.2) is 4.98 Å². The fourth-order valence-corrected chi connectivity index (χ4v) is 4.76. The molecule has 1 aromatic heterocycles. The van der Waals surface area contributed by atoms with E-state index in [1.165, 1.54) is 6.20 Å². The van der Waals surface area contributed by atoms with Crippen molar-refractivity contribution in [2.75, 3.05) is 49.3 Å². The van der Waals surface area contributed by atoms with Gasteiger partial charge in [0.1, 0.15) is 5.82 Å². The molecule has 222 valence electrons. The van der Waals surface area contributed by atoms with Crippen molar-refractivity contribution in [3.8, 4) is 18.0 Å². The fraction of sp³-hybridized carbons (Fsp3) is 0.290. The van der Waals surface area contributed by atoms with Gasteiger partial charge in [-0.05, 0) is 81.4 Å². The number of aromatic nitrogens is 1. The van der Waals surface area contributed by atoms with Gasteiger partial charge in [0.25, 0.3) is 5.91 Å². The Morgan fingerprint density at radius 2 is 1.93 bits per heavy atom. The van der Waals surface area contributed by atoms with E-state index in [4.69, 9.17) is 10.7 Å². The molecule has 4 rings (SSSR count). The monoisotopic (exact) mass is 588 g/mol. The molecule has 1 aliphatic heterocycles. The molecule has 43 heavy (non-hydrogen) atoms. The van der Waals surface area contributed by atoms with E-state index < -0.39 is 17.6 Å². The number of rotatable bonds is 6. The standard InChI is InChI=1S/C31H31F3N8O/c1-20-4-7-24(12-23(20)8-5-21-6-9-28(37-16-21)40-30(36)38-19-35)29(43)39-26-13-25(31(32,33)34)14-27(15-26)42-11-10-22(18-42)17-41(2)3/h4,6-7,9,12-16,22H,10-11,17-18H2,1-3H3,(H,39,43)(H3,36,37,38,40)/t22-/m0/s1. The number of nitriles is 1. The summed E-state index contributed by atoms with van der Waals surface area (Å²) in [7, 11) is 3.95. The minimum atomic E-state index is -4.57. The number of benzene rings is 2. The largest absolute Gasteiger partial charge is 0.416 e. The molecule has 0 unspecified atom stereocenters. The normalized spacial score (nSPS) is 14.5. The molecule has 1 atom stereocenters.